The topological polar surface area (TPSA) is 55.6 Å². The molecule has 0 fully saturated rings. The Balaban J connectivity index is 2.28. The van der Waals surface area contributed by atoms with Crippen molar-refractivity contribution in [2.24, 2.45) is 7.05 Å². The first-order chi connectivity index (χ1) is 10.0. The van der Waals surface area contributed by atoms with Crippen molar-refractivity contribution in [3.63, 3.8) is 0 Å². The van der Waals surface area contributed by atoms with E-state index >= 15 is 0 Å². The van der Waals surface area contributed by atoms with Crippen LogP contribution >= 0.6 is 0 Å². The Morgan fingerprint density at radius 1 is 1.29 bits per heavy atom. The number of rotatable bonds is 6. The van der Waals surface area contributed by atoms with Gasteiger partial charge in [-0.25, -0.2) is 8.78 Å². The summed E-state index contributed by atoms with van der Waals surface area (Å²) in [5.74, 6) is -0.578. The fraction of sp³-hybridized carbons (Fsp3) is 0.500. The summed E-state index contributed by atoms with van der Waals surface area (Å²) in [7, 11) is 1.67. The zero-order chi connectivity index (χ0) is 15.4. The number of hydrogen-bond donors (Lipinski definition) is 1. The van der Waals surface area contributed by atoms with Crippen LogP contribution in [0.2, 0.25) is 0 Å². The predicted molar refractivity (Wildman–Crippen MR) is 74.6 cm³/mol. The molecule has 2 aromatic rings. The highest BCUT2D eigenvalue weighted by Gasteiger charge is 2.19. The van der Waals surface area contributed by atoms with Crippen LogP contribution in [0.3, 0.4) is 0 Å². The Morgan fingerprint density at radius 2 is 2.05 bits per heavy atom. The second-order valence-corrected chi connectivity index (χ2v) is 5.03. The highest BCUT2D eigenvalue weighted by Crippen LogP contribution is 2.23. The molecule has 0 aliphatic carbocycles. The number of nitrogens with one attached hydrogen (secondary N) is 1. The molecule has 0 bridgehead atoms. The molecule has 1 atom stereocenters. The van der Waals surface area contributed by atoms with Gasteiger partial charge in [-0.05, 0) is 36.7 Å². The largest absolute Gasteiger partial charge is 0.309 e. The number of nitrogens with zero attached hydrogens (tertiary/aromatic N) is 4. The monoisotopic (exact) mass is 295 g/mol. The lowest BCUT2D eigenvalue weighted by atomic mass is 10.00. The first kappa shape index (κ1) is 15.5. The normalized spacial score (nSPS) is 12.6. The van der Waals surface area contributed by atoms with E-state index in [9.17, 15) is 8.78 Å². The average molecular weight is 295 g/mol. The Labute approximate surface area is 122 Å². The van der Waals surface area contributed by atoms with Crippen LogP contribution in [0.4, 0.5) is 8.78 Å². The summed E-state index contributed by atoms with van der Waals surface area (Å²) in [6, 6.07) is 2.15. The molecule has 2 rings (SSSR count). The number of aryl methyl sites for hydroxylation is 2. The van der Waals surface area contributed by atoms with Gasteiger partial charge in [-0.15, -0.1) is 10.2 Å². The maximum Gasteiger partial charge on any atom is 0.176 e. The molecule has 1 unspecified atom stereocenters. The molecular weight excluding hydrogens is 276 g/mol. The van der Waals surface area contributed by atoms with Crippen molar-refractivity contribution in [1.82, 2.24) is 25.5 Å². The summed E-state index contributed by atoms with van der Waals surface area (Å²) in [4.78, 5) is 1.36. The molecule has 1 aromatic carbocycles. The van der Waals surface area contributed by atoms with Crippen molar-refractivity contribution in [2.75, 3.05) is 6.54 Å². The van der Waals surface area contributed by atoms with Gasteiger partial charge in [0.05, 0.1) is 7.05 Å². The molecule has 5 nitrogen and oxygen atoms in total. The van der Waals surface area contributed by atoms with Crippen LogP contribution in [-0.2, 0) is 13.5 Å². The van der Waals surface area contributed by atoms with Crippen LogP contribution in [0, 0.1) is 18.6 Å². The molecule has 1 aromatic heterocycles. The van der Waals surface area contributed by atoms with Gasteiger partial charge in [0.15, 0.2) is 5.82 Å². The van der Waals surface area contributed by atoms with Crippen molar-refractivity contribution in [1.29, 1.82) is 0 Å². The molecule has 21 heavy (non-hydrogen) atoms. The quantitative estimate of drug-likeness (QED) is 0.886. The summed E-state index contributed by atoms with van der Waals surface area (Å²) < 4.78 is 27.5. The number of tetrazole rings is 1. The minimum Gasteiger partial charge on any atom is -0.309 e. The second kappa shape index (κ2) is 6.71. The Bertz CT molecular complexity index is 611. The summed E-state index contributed by atoms with van der Waals surface area (Å²) in [6.45, 7) is 4.37. The van der Waals surface area contributed by atoms with Gasteiger partial charge in [0, 0.05) is 24.1 Å². The Kier molecular flexibility index (Phi) is 4.95. The maximum absolute atomic E-state index is 14.1. The molecule has 0 aliphatic heterocycles. The standard InChI is InChI=1S/C14H19F2N5/c1-4-5-17-13(8-14-18-20-21(3)19-14)10-6-9(2)11(15)7-12(10)16/h6-7,13,17H,4-5,8H2,1-3H3. The third-order valence-electron chi connectivity index (χ3n) is 3.23. The maximum atomic E-state index is 14.1. The number of benzene rings is 1. The molecule has 0 saturated carbocycles. The van der Waals surface area contributed by atoms with E-state index in [2.05, 4.69) is 20.7 Å². The molecule has 1 heterocycles. The summed E-state index contributed by atoms with van der Waals surface area (Å²) in [5, 5.41) is 15.1. The minimum atomic E-state index is -0.560. The first-order valence-corrected chi connectivity index (χ1v) is 6.93. The van der Waals surface area contributed by atoms with Crippen molar-refractivity contribution in [3.05, 3.63) is 40.7 Å². The zero-order valence-corrected chi connectivity index (χ0v) is 12.4. The number of hydrogen-bond acceptors (Lipinski definition) is 4. The van der Waals surface area contributed by atoms with Gasteiger partial charge < -0.3 is 5.32 Å². The molecule has 1 N–H and O–H groups in total. The molecule has 114 valence electrons. The van der Waals surface area contributed by atoms with E-state index in [-0.39, 0.29) is 6.04 Å². The van der Waals surface area contributed by atoms with Gasteiger partial charge in [0.2, 0.25) is 0 Å². The predicted octanol–water partition coefficient (Wildman–Crippen LogP) is 2.08. The lowest BCUT2D eigenvalue weighted by molar-refractivity contribution is 0.482. The smallest absolute Gasteiger partial charge is 0.176 e. The van der Waals surface area contributed by atoms with E-state index in [0.717, 1.165) is 19.0 Å². The zero-order valence-electron chi connectivity index (χ0n) is 12.4. The van der Waals surface area contributed by atoms with Gasteiger partial charge in [0.1, 0.15) is 11.6 Å². The van der Waals surface area contributed by atoms with Gasteiger partial charge in [-0.2, -0.15) is 4.80 Å². The van der Waals surface area contributed by atoms with Crippen LogP contribution in [0.15, 0.2) is 12.1 Å². The van der Waals surface area contributed by atoms with Crippen molar-refractivity contribution in [3.8, 4) is 0 Å². The summed E-state index contributed by atoms with van der Waals surface area (Å²) in [5.41, 5.74) is 0.844. The third kappa shape index (κ3) is 3.81. The Morgan fingerprint density at radius 3 is 2.67 bits per heavy atom. The molecule has 0 spiro atoms. The van der Waals surface area contributed by atoms with Gasteiger partial charge in [-0.3, -0.25) is 0 Å². The third-order valence-corrected chi connectivity index (χ3v) is 3.23. The molecule has 0 saturated heterocycles. The van der Waals surface area contributed by atoms with Gasteiger partial charge in [-0.1, -0.05) is 6.92 Å². The van der Waals surface area contributed by atoms with E-state index in [1.807, 2.05) is 6.92 Å². The summed E-state index contributed by atoms with van der Waals surface area (Å²) in [6.07, 6.45) is 1.31. The minimum absolute atomic E-state index is 0.312. The highest BCUT2D eigenvalue weighted by molar-refractivity contribution is 5.28. The van der Waals surface area contributed by atoms with E-state index in [1.165, 1.54) is 10.9 Å². The lowest BCUT2D eigenvalue weighted by Crippen LogP contribution is -2.25. The van der Waals surface area contributed by atoms with E-state index in [1.54, 1.807) is 14.0 Å². The molecule has 0 radical (unpaired) electrons. The van der Waals surface area contributed by atoms with Crippen molar-refractivity contribution >= 4 is 0 Å². The lowest BCUT2D eigenvalue weighted by Gasteiger charge is -2.19. The Hall–Kier alpha value is -1.89. The van der Waals surface area contributed by atoms with Crippen molar-refractivity contribution < 1.29 is 8.78 Å². The molecule has 0 aliphatic rings. The first-order valence-electron chi connectivity index (χ1n) is 6.93. The molecule has 7 heteroatoms. The van der Waals surface area contributed by atoms with Gasteiger partial charge in [0.25, 0.3) is 0 Å². The van der Waals surface area contributed by atoms with E-state index < -0.39 is 11.6 Å². The average Bonchev–Trinajstić information content (AvgIpc) is 2.84. The fourth-order valence-corrected chi connectivity index (χ4v) is 2.14. The van der Waals surface area contributed by atoms with Gasteiger partial charge >= 0.3 is 0 Å². The SMILES string of the molecule is CCCNC(Cc1nnn(C)n1)c1cc(C)c(F)cc1F. The highest BCUT2D eigenvalue weighted by atomic mass is 19.1. The molecular formula is C14H19F2N5. The van der Waals surface area contributed by atoms with Crippen LogP contribution < -0.4 is 5.32 Å². The van der Waals surface area contributed by atoms with E-state index in [4.69, 9.17) is 0 Å². The van der Waals surface area contributed by atoms with Crippen LogP contribution in [0.5, 0.6) is 0 Å². The molecule has 0 amide bonds. The van der Waals surface area contributed by atoms with Crippen LogP contribution in [0.25, 0.3) is 0 Å². The van der Waals surface area contributed by atoms with Crippen molar-refractivity contribution in [2.45, 2.75) is 32.7 Å². The second-order valence-electron chi connectivity index (χ2n) is 5.03. The summed E-state index contributed by atoms with van der Waals surface area (Å²) >= 11 is 0. The fourth-order valence-electron chi connectivity index (χ4n) is 2.14. The van der Waals surface area contributed by atoms with Crippen LogP contribution in [-0.4, -0.2) is 26.8 Å². The number of halogens is 2. The van der Waals surface area contributed by atoms with Crippen LogP contribution in [0.1, 0.15) is 36.3 Å². The number of aromatic nitrogens is 4. The van der Waals surface area contributed by atoms with E-state index in [0.29, 0.717) is 23.4 Å².